The van der Waals surface area contributed by atoms with Crippen molar-refractivity contribution < 1.29 is 10.0 Å². The van der Waals surface area contributed by atoms with Crippen LogP contribution in [0.25, 0.3) is 0 Å². The molecule has 4 nitrogen and oxygen atoms in total. The zero-order valence-electron chi connectivity index (χ0n) is 15.3. The van der Waals surface area contributed by atoms with Gasteiger partial charge in [-0.2, -0.15) is 23.5 Å². The maximum atomic E-state index is 11.3. The Labute approximate surface area is 173 Å². The van der Waals surface area contributed by atoms with Crippen LogP contribution in [-0.2, 0) is 23.0 Å². The standard InChI is InChI=1S/C22H21NO3S2/c24-22-19(15-27-13-17-7-3-1-4-8-17)11-21(23(25)26)12-20(22)16-28-14-18-9-5-2-6-10-18/h1-12,24H,13-16H2. The molecule has 0 saturated carbocycles. The van der Waals surface area contributed by atoms with E-state index in [1.807, 2.05) is 60.7 Å². The molecule has 0 bridgehead atoms. The van der Waals surface area contributed by atoms with Crippen molar-refractivity contribution in [3.8, 4) is 5.75 Å². The van der Waals surface area contributed by atoms with Gasteiger partial charge in [-0.1, -0.05) is 60.7 Å². The third kappa shape index (κ3) is 5.78. The molecule has 3 aromatic carbocycles. The van der Waals surface area contributed by atoms with Gasteiger partial charge in [-0.25, -0.2) is 0 Å². The second kappa shape index (κ2) is 10.2. The van der Waals surface area contributed by atoms with Crippen LogP contribution in [0, 0.1) is 10.1 Å². The van der Waals surface area contributed by atoms with Crippen LogP contribution in [0.4, 0.5) is 5.69 Å². The molecule has 0 aromatic heterocycles. The number of thioether (sulfide) groups is 2. The predicted molar refractivity (Wildman–Crippen MR) is 118 cm³/mol. The van der Waals surface area contributed by atoms with Crippen LogP contribution < -0.4 is 0 Å². The van der Waals surface area contributed by atoms with E-state index < -0.39 is 4.92 Å². The van der Waals surface area contributed by atoms with Gasteiger partial charge in [0.15, 0.2) is 0 Å². The van der Waals surface area contributed by atoms with Gasteiger partial charge in [0.25, 0.3) is 5.69 Å². The molecule has 3 rings (SSSR count). The fraction of sp³-hybridized carbons (Fsp3) is 0.182. The molecule has 0 saturated heterocycles. The lowest BCUT2D eigenvalue weighted by atomic mass is 10.1. The number of nitrogens with zero attached hydrogens (tertiary/aromatic N) is 1. The quantitative estimate of drug-likeness (QED) is 0.337. The number of hydrogen-bond acceptors (Lipinski definition) is 5. The Hall–Kier alpha value is -2.44. The summed E-state index contributed by atoms with van der Waals surface area (Å²) in [5.41, 5.74) is 3.64. The van der Waals surface area contributed by atoms with Crippen LogP contribution in [0.1, 0.15) is 22.3 Å². The zero-order valence-corrected chi connectivity index (χ0v) is 16.9. The Balaban J connectivity index is 1.67. The van der Waals surface area contributed by atoms with Gasteiger partial charge in [-0.3, -0.25) is 10.1 Å². The minimum absolute atomic E-state index is 0.0309. The maximum Gasteiger partial charge on any atom is 0.270 e. The highest BCUT2D eigenvalue weighted by Gasteiger charge is 2.16. The number of rotatable bonds is 9. The predicted octanol–water partition coefficient (Wildman–Crippen LogP) is 6.17. The first-order chi connectivity index (χ1) is 13.6. The van der Waals surface area contributed by atoms with E-state index >= 15 is 0 Å². The lowest BCUT2D eigenvalue weighted by Crippen LogP contribution is -1.95. The zero-order chi connectivity index (χ0) is 19.8. The van der Waals surface area contributed by atoms with Gasteiger partial charge < -0.3 is 5.11 Å². The topological polar surface area (TPSA) is 63.4 Å². The molecule has 0 fully saturated rings. The molecule has 0 unspecified atom stereocenters. The van der Waals surface area contributed by atoms with Crippen molar-refractivity contribution in [2.45, 2.75) is 23.0 Å². The minimum atomic E-state index is -0.393. The number of aromatic hydroxyl groups is 1. The molecule has 3 aromatic rings. The van der Waals surface area contributed by atoms with Gasteiger partial charge in [0.05, 0.1) is 4.92 Å². The van der Waals surface area contributed by atoms with Crippen molar-refractivity contribution in [2.75, 3.05) is 0 Å². The monoisotopic (exact) mass is 411 g/mol. The third-order valence-electron chi connectivity index (χ3n) is 4.20. The molecular formula is C22H21NO3S2. The molecular weight excluding hydrogens is 390 g/mol. The molecule has 6 heteroatoms. The SMILES string of the molecule is O=[N+]([O-])c1cc(CSCc2ccccc2)c(O)c(CSCc2ccccc2)c1. The van der Waals surface area contributed by atoms with Crippen LogP contribution in [0.2, 0.25) is 0 Å². The summed E-state index contributed by atoms with van der Waals surface area (Å²) in [4.78, 5) is 10.9. The lowest BCUT2D eigenvalue weighted by Gasteiger charge is -2.10. The Morgan fingerprint density at radius 1 is 0.750 bits per heavy atom. The summed E-state index contributed by atoms with van der Waals surface area (Å²) in [6.07, 6.45) is 0. The number of benzene rings is 3. The summed E-state index contributed by atoms with van der Waals surface area (Å²) in [7, 11) is 0. The Morgan fingerprint density at radius 2 is 1.18 bits per heavy atom. The highest BCUT2D eigenvalue weighted by Crippen LogP contribution is 2.34. The largest absolute Gasteiger partial charge is 0.507 e. The fourth-order valence-electron chi connectivity index (χ4n) is 2.77. The van der Waals surface area contributed by atoms with Crippen LogP contribution in [0.3, 0.4) is 0 Å². The van der Waals surface area contributed by atoms with E-state index in [1.54, 1.807) is 23.5 Å². The summed E-state index contributed by atoms with van der Waals surface area (Å²) in [5, 5.41) is 22.0. The molecule has 0 atom stereocenters. The van der Waals surface area contributed by atoms with Gasteiger partial charge >= 0.3 is 0 Å². The van der Waals surface area contributed by atoms with Crippen LogP contribution in [0.5, 0.6) is 5.75 Å². The highest BCUT2D eigenvalue weighted by molar-refractivity contribution is 7.98. The van der Waals surface area contributed by atoms with Crippen LogP contribution in [-0.4, -0.2) is 10.0 Å². The Bertz CT molecular complexity index is 851. The number of nitro benzene ring substituents is 1. The first kappa shape index (κ1) is 20.3. The van der Waals surface area contributed by atoms with E-state index in [2.05, 4.69) is 0 Å². The normalized spacial score (nSPS) is 10.7. The van der Waals surface area contributed by atoms with Crippen molar-refractivity contribution in [2.24, 2.45) is 0 Å². The number of non-ortho nitro benzene ring substituents is 1. The molecule has 0 aliphatic rings. The van der Waals surface area contributed by atoms with Crippen LogP contribution in [0.15, 0.2) is 72.8 Å². The van der Waals surface area contributed by atoms with Gasteiger partial charge in [-0.05, 0) is 11.1 Å². The average molecular weight is 412 g/mol. The molecule has 0 amide bonds. The smallest absolute Gasteiger partial charge is 0.270 e. The number of hydrogen-bond donors (Lipinski definition) is 1. The summed E-state index contributed by atoms with van der Waals surface area (Å²) in [6, 6.07) is 23.1. The molecule has 1 N–H and O–H groups in total. The maximum absolute atomic E-state index is 11.3. The van der Waals surface area contributed by atoms with Gasteiger partial charge in [-0.15, -0.1) is 0 Å². The van der Waals surface area contributed by atoms with Gasteiger partial charge in [0.1, 0.15) is 5.75 Å². The first-order valence-corrected chi connectivity index (χ1v) is 11.2. The minimum Gasteiger partial charge on any atom is -0.507 e. The van der Waals surface area contributed by atoms with E-state index in [4.69, 9.17) is 0 Å². The molecule has 0 radical (unpaired) electrons. The van der Waals surface area contributed by atoms with Crippen molar-refractivity contribution >= 4 is 29.2 Å². The van der Waals surface area contributed by atoms with Crippen molar-refractivity contribution in [1.29, 1.82) is 0 Å². The Morgan fingerprint density at radius 3 is 1.57 bits per heavy atom. The summed E-state index contributed by atoms with van der Waals surface area (Å²) in [5.74, 6) is 2.81. The fourth-order valence-corrected chi connectivity index (χ4v) is 4.71. The number of nitro groups is 1. The summed E-state index contributed by atoms with van der Waals surface area (Å²) in [6.45, 7) is 0. The first-order valence-electron chi connectivity index (χ1n) is 8.86. The van der Waals surface area contributed by atoms with E-state index in [9.17, 15) is 15.2 Å². The molecule has 28 heavy (non-hydrogen) atoms. The van der Waals surface area contributed by atoms with Crippen molar-refractivity contribution in [1.82, 2.24) is 0 Å². The van der Waals surface area contributed by atoms with E-state index in [0.29, 0.717) is 22.6 Å². The molecule has 144 valence electrons. The molecule has 0 aliphatic carbocycles. The Kier molecular flexibility index (Phi) is 7.39. The molecule has 0 aliphatic heterocycles. The lowest BCUT2D eigenvalue weighted by molar-refractivity contribution is -0.385. The summed E-state index contributed by atoms with van der Waals surface area (Å²) >= 11 is 3.27. The average Bonchev–Trinajstić information content (AvgIpc) is 2.72. The van der Waals surface area contributed by atoms with Gasteiger partial charge in [0.2, 0.25) is 0 Å². The number of phenolic OH excluding ortho intramolecular Hbond substituents is 1. The third-order valence-corrected chi connectivity index (χ3v) is 6.31. The van der Waals surface area contributed by atoms with E-state index in [-0.39, 0.29) is 11.4 Å². The summed E-state index contributed by atoms with van der Waals surface area (Å²) < 4.78 is 0. The van der Waals surface area contributed by atoms with Crippen LogP contribution >= 0.6 is 23.5 Å². The van der Waals surface area contributed by atoms with Gasteiger partial charge in [0, 0.05) is 46.3 Å². The molecule has 0 heterocycles. The second-order valence-electron chi connectivity index (χ2n) is 6.33. The van der Waals surface area contributed by atoms with E-state index in [0.717, 1.165) is 11.5 Å². The molecule has 0 spiro atoms. The van der Waals surface area contributed by atoms with Crippen molar-refractivity contribution in [3.63, 3.8) is 0 Å². The highest BCUT2D eigenvalue weighted by atomic mass is 32.2. The number of phenols is 1. The second-order valence-corrected chi connectivity index (χ2v) is 8.30. The van der Waals surface area contributed by atoms with E-state index in [1.165, 1.54) is 23.3 Å². The van der Waals surface area contributed by atoms with Crippen molar-refractivity contribution in [3.05, 3.63) is 105 Å².